The Hall–Kier alpha value is 0.250. The second-order valence-electron chi connectivity index (χ2n) is 10.2. The van der Waals surface area contributed by atoms with Crippen molar-refractivity contribution in [3.63, 3.8) is 0 Å². The number of hydrogen-bond acceptors (Lipinski definition) is 0. The zero-order chi connectivity index (χ0) is 21.0. The maximum absolute atomic E-state index is 2.45. The number of halogens is 1. The molecule has 0 atom stereocenters. The van der Waals surface area contributed by atoms with Gasteiger partial charge in [-0.2, -0.15) is 0 Å². The normalized spacial score (nSPS) is 15.3. The third-order valence-corrected chi connectivity index (χ3v) is 8.07. The van der Waals surface area contributed by atoms with Gasteiger partial charge < -0.3 is 16.9 Å². The molecule has 0 amide bonds. The molecule has 182 valence electrons. The van der Waals surface area contributed by atoms with Crippen LogP contribution in [0.5, 0.6) is 0 Å². The fourth-order valence-electron chi connectivity index (χ4n) is 5.84. The molecule has 1 aliphatic rings. The molecule has 0 heterocycles. The molecule has 0 unspecified atom stereocenters. The number of unbranched alkanes of at least 4 members (excludes halogenated alkanes) is 15. The molecule has 1 fully saturated rings. The van der Waals surface area contributed by atoms with E-state index >= 15 is 0 Å². The quantitative estimate of drug-likeness (QED) is 0.150. The van der Waals surface area contributed by atoms with Crippen LogP contribution in [0.15, 0.2) is 0 Å². The molecule has 1 saturated carbocycles. The zero-order valence-electron chi connectivity index (χ0n) is 21.4. The number of rotatable bonds is 20. The standard InChI is InChI=1S/C28H58N.ClH/c1-4-7-8-9-10-11-12-13-14-15-16-17-18-19-20-24-27-29(5-2,6-3)28-25-22-21-23-26-28;/h28H,4-27H2,1-3H3;1H/q+1;/p-1. The van der Waals surface area contributed by atoms with Crippen molar-refractivity contribution in [1.29, 1.82) is 0 Å². The molecule has 0 bridgehead atoms. The van der Waals surface area contributed by atoms with Crippen molar-refractivity contribution in [2.75, 3.05) is 19.6 Å². The number of nitrogens with zero attached hydrogens (tertiary/aromatic N) is 1. The molecule has 30 heavy (non-hydrogen) atoms. The van der Waals surface area contributed by atoms with Gasteiger partial charge in [-0.25, -0.2) is 0 Å². The fraction of sp³-hybridized carbons (Fsp3) is 1.00. The highest BCUT2D eigenvalue weighted by atomic mass is 35.5. The third-order valence-electron chi connectivity index (χ3n) is 8.07. The summed E-state index contributed by atoms with van der Waals surface area (Å²) in [5.41, 5.74) is 0. The molecule has 2 heteroatoms. The van der Waals surface area contributed by atoms with Crippen molar-refractivity contribution in [2.45, 2.75) is 162 Å². The summed E-state index contributed by atoms with van der Waals surface area (Å²) in [6.07, 6.45) is 31.0. The molecule has 1 aliphatic carbocycles. The van der Waals surface area contributed by atoms with Crippen molar-refractivity contribution < 1.29 is 16.9 Å². The maximum atomic E-state index is 2.45. The summed E-state index contributed by atoms with van der Waals surface area (Å²) in [6, 6.07) is 0.982. The minimum atomic E-state index is 0. The van der Waals surface area contributed by atoms with Gasteiger partial charge in [0.25, 0.3) is 0 Å². The predicted molar refractivity (Wildman–Crippen MR) is 133 cm³/mol. The van der Waals surface area contributed by atoms with Crippen LogP contribution in [0.1, 0.15) is 156 Å². The summed E-state index contributed by atoms with van der Waals surface area (Å²) >= 11 is 0. The highest BCUT2D eigenvalue weighted by molar-refractivity contribution is 4.67. The van der Waals surface area contributed by atoms with Crippen molar-refractivity contribution in [3.05, 3.63) is 0 Å². The van der Waals surface area contributed by atoms with E-state index in [0.717, 1.165) is 6.04 Å². The van der Waals surface area contributed by atoms with Gasteiger partial charge in [-0.1, -0.05) is 103 Å². The van der Waals surface area contributed by atoms with Gasteiger partial charge in [0.2, 0.25) is 0 Å². The first-order chi connectivity index (χ1) is 14.3. The van der Waals surface area contributed by atoms with E-state index in [-0.39, 0.29) is 12.4 Å². The van der Waals surface area contributed by atoms with Crippen LogP contribution in [0.2, 0.25) is 0 Å². The van der Waals surface area contributed by atoms with Gasteiger partial charge in [0.15, 0.2) is 0 Å². The second kappa shape index (κ2) is 21.1. The van der Waals surface area contributed by atoms with E-state index in [9.17, 15) is 0 Å². The van der Waals surface area contributed by atoms with Gasteiger partial charge >= 0.3 is 0 Å². The van der Waals surface area contributed by atoms with Gasteiger partial charge in [-0.3, -0.25) is 0 Å². The summed E-state index contributed by atoms with van der Waals surface area (Å²) in [5, 5.41) is 0. The molecule has 1 nitrogen and oxygen atoms in total. The van der Waals surface area contributed by atoms with Crippen LogP contribution in [0, 0.1) is 0 Å². The van der Waals surface area contributed by atoms with E-state index in [1.165, 1.54) is 159 Å². The Morgan fingerprint density at radius 2 is 0.867 bits per heavy atom. The summed E-state index contributed by atoms with van der Waals surface area (Å²) in [4.78, 5) is 0. The monoisotopic (exact) mass is 443 g/mol. The molecule has 0 aromatic carbocycles. The van der Waals surface area contributed by atoms with Crippen LogP contribution in [-0.4, -0.2) is 30.2 Å². The molecule has 0 saturated heterocycles. The fourth-order valence-corrected chi connectivity index (χ4v) is 5.84. The minimum Gasteiger partial charge on any atom is -1.00 e. The molecular weight excluding hydrogens is 386 g/mol. The molecule has 0 radical (unpaired) electrons. The van der Waals surface area contributed by atoms with Crippen LogP contribution in [-0.2, 0) is 0 Å². The predicted octanol–water partition coefficient (Wildman–Crippen LogP) is 6.44. The summed E-state index contributed by atoms with van der Waals surface area (Å²) in [7, 11) is 0. The first-order valence-corrected chi connectivity index (χ1v) is 14.1. The molecule has 0 aromatic rings. The van der Waals surface area contributed by atoms with Crippen LogP contribution in [0.3, 0.4) is 0 Å². The summed E-state index contributed by atoms with van der Waals surface area (Å²) < 4.78 is 1.43. The molecule has 0 aromatic heterocycles. The summed E-state index contributed by atoms with van der Waals surface area (Å²) in [6.45, 7) is 11.4. The third kappa shape index (κ3) is 13.6. The van der Waals surface area contributed by atoms with Gasteiger partial charge in [0, 0.05) is 0 Å². The van der Waals surface area contributed by atoms with E-state index in [2.05, 4.69) is 20.8 Å². The van der Waals surface area contributed by atoms with Crippen LogP contribution in [0.4, 0.5) is 0 Å². The lowest BCUT2D eigenvalue weighted by Crippen LogP contribution is -3.00. The number of hydrogen-bond donors (Lipinski definition) is 0. The Kier molecular flexibility index (Phi) is 21.3. The Labute approximate surface area is 198 Å². The Bertz CT molecular complexity index is 334. The SMILES string of the molecule is CCCCCCCCCCCCCCCCCC[N+](CC)(CC)C1CCCCC1.[Cl-]. The average molecular weight is 444 g/mol. The Morgan fingerprint density at radius 1 is 0.500 bits per heavy atom. The first-order valence-electron chi connectivity index (χ1n) is 14.1. The van der Waals surface area contributed by atoms with E-state index in [1.807, 2.05) is 0 Å². The maximum Gasteiger partial charge on any atom is 0.0890 e. The van der Waals surface area contributed by atoms with Crippen molar-refractivity contribution in [2.24, 2.45) is 0 Å². The molecular formula is C28H58ClN. The van der Waals surface area contributed by atoms with Crippen LogP contribution >= 0.6 is 0 Å². The lowest BCUT2D eigenvalue weighted by atomic mass is 9.91. The number of quaternary nitrogens is 1. The summed E-state index contributed by atoms with van der Waals surface area (Å²) in [5.74, 6) is 0. The highest BCUT2D eigenvalue weighted by Gasteiger charge is 2.34. The Morgan fingerprint density at radius 3 is 1.23 bits per heavy atom. The van der Waals surface area contributed by atoms with Crippen molar-refractivity contribution in [3.8, 4) is 0 Å². The van der Waals surface area contributed by atoms with Gasteiger partial charge in [0.05, 0.1) is 25.7 Å². The lowest BCUT2D eigenvalue weighted by Gasteiger charge is -2.45. The Balaban J connectivity index is 0.00000841. The minimum absolute atomic E-state index is 0. The van der Waals surface area contributed by atoms with Crippen molar-refractivity contribution >= 4 is 0 Å². The highest BCUT2D eigenvalue weighted by Crippen LogP contribution is 2.29. The van der Waals surface area contributed by atoms with Gasteiger partial charge in [-0.15, -0.1) is 0 Å². The van der Waals surface area contributed by atoms with Crippen LogP contribution < -0.4 is 12.4 Å². The topological polar surface area (TPSA) is 0 Å². The van der Waals surface area contributed by atoms with Crippen molar-refractivity contribution in [1.82, 2.24) is 0 Å². The first kappa shape index (κ1) is 30.2. The zero-order valence-corrected chi connectivity index (χ0v) is 22.1. The van der Waals surface area contributed by atoms with E-state index in [1.54, 1.807) is 0 Å². The van der Waals surface area contributed by atoms with E-state index in [4.69, 9.17) is 0 Å². The smallest absolute Gasteiger partial charge is 0.0890 e. The molecule has 0 spiro atoms. The van der Waals surface area contributed by atoms with Gasteiger partial charge in [0.1, 0.15) is 0 Å². The lowest BCUT2D eigenvalue weighted by molar-refractivity contribution is -0.949. The molecule has 0 aliphatic heterocycles. The van der Waals surface area contributed by atoms with E-state index < -0.39 is 0 Å². The second-order valence-corrected chi connectivity index (χ2v) is 10.2. The van der Waals surface area contributed by atoms with E-state index in [0.29, 0.717) is 0 Å². The van der Waals surface area contributed by atoms with Gasteiger partial charge in [-0.05, 0) is 52.4 Å². The molecule has 1 rings (SSSR count). The van der Waals surface area contributed by atoms with Crippen LogP contribution in [0.25, 0.3) is 0 Å². The largest absolute Gasteiger partial charge is 1.00 e. The average Bonchev–Trinajstić information content (AvgIpc) is 2.77. The molecule has 0 N–H and O–H groups in total.